The van der Waals surface area contributed by atoms with Crippen LogP contribution in [0.3, 0.4) is 0 Å². The fourth-order valence-electron chi connectivity index (χ4n) is 1.73. The van der Waals surface area contributed by atoms with Gasteiger partial charge in [-0.1, -0.05) is 0 Å². The molecule has 4 nitrogen and oxygen atoms in total. The summed E-state index contributed by atoms with van der Waals surface area (Å²) in [6.07, 6.45) is 2.22. The van der Waals surface area contributed by atoms with E-state index in [9.17, 15) is 4.79 Å². The van der Waals surface area contributed by atoms with E-state index >= 15 is 0 Å². The third-order valence-corrected chi connectivity index (χ3v) is 3.76. The Morgan fingerprint density at radius 1 is 1.65 bits per heavy atom. The lowest BCUT2D eigenvalue weighted by Gasteiger charge is -2.22. The maximum Gasteiger partial charge on any atom is 0.226 e. The lowest BCUT2D eigenvalue weighted by Crippen LogP contribution is -2.39. The fraction of sp³-hybridized carbons (Fsp3) is 0.500. The van der Waals surface area contributed by atoms with Gasteiger partial charge in [-0.15, -0.1) is 0 Å². The molecule has 0 bridgehead atoms. The Kier molecular flexibility index (Phi) is 4.39. The van der Waals surface area contributed by atoms with Gasteiger partial charge in [0.05, 0.1) is 11.9 Å². The molecule has 2 heterocycles. The number of aromatic nitrogens is 1. The van der Waals surface area contributed by atoms with Gasteiger partial charge in [-0.25, -0.2) is 0 Å². The summed E-state index contributed by atoms with van der Waals surface area (Å²) in [6, 6.07) is 4.07. The van der Waals surface area contributed by atoms with Gasteiger partial charge in [0.25, 0.3) is 0 Å². The molecule has 0 spiro atoms. The molecule has 1 aromatic heterocycles. The van der Waals surface area contributed by atoms with E-state index in [1.807, 2.05) is 30.8 Å². The van der Waals surface area contributed by atoms with Gasteiger partial charge in [0.2, 0.25) is 5.91 Å². The van der Waals surface area contributed by atoms with E-state index in [0.717, 1.165) is 29.4 Å². The lowest BCUT2D eigenvalue weighted by atomic mass is 10.2. The van der Waals surface area contributed by atoms with Crippen LogP contribution in [0.5, 0.6) is 0 Å². The number of aryl methyl sites for hydroxylation is 1. The van der Waals surface area contributed by atoms with Crippen LogP contribution in [0.4, 0.5) is 5.69 Å². The molecule has 1 saturated heterocycles. The van der Waals surface area contributed by atoms with Crippen molar-refractivity contribution in [2.75, 3.05) is 23.4 Å². The molecule has 1 unspecified atom stereocenters. The summed E-state index contributed by atoms with van der Waals surface area (Å²) < 4.78 is 0. The predicted molar refractivity (Wildman–Crippen MR) is 71.3 cm³/mol. The second kappa shape index (κ2) is 6.02. The monoisotopic (exact) mass is 251 g/mol. The average Bonchev–Trinajstić information content (AvgIpc) is 2.33. The normalized spacial score (nSPS) is 19.9. The molecule has 1 atom stereocenters. The third kappa shape index (κ3) is 4.02. The minimum absolute atomic E-state index is 0.0515. The molecule has 0 aromatic carbocycles. The number of anilines is 1. The zero-order valence-electron chi connectivity index (χ0n) is 9.90. The van der Waals surface area contributed by atoms with Gasteiger partial charge >= 0.3 is 0 Å². The van der Waals surface area contributed by atoms with Crippen molar-refractivity contribution >= 4 is 23.4 Å². The number of carbonyl (C=O) groups is 1. The first kappa shape index (κ1) is 12.4. The van der Waals surface area contributed by atoms with Gasteiger partial charge in [-0.3, -0.25) is 9.78 Å². The molecule has 2 rings (SSSR count). The number of thioether (sulfide) groups is 1. The minimum atomic E-state index is 0.0515. The zero-order valence-corrected chi connectivity index (χ0v) is 10.7. The molecular weight excluding hydrogens is 234 g/mol. The van der Waals surface area contributed by atoms with Crippen molar-refractivity contribution in [3.63, 3.8) is 0 Å². The standard InChI is InChI=1S/C12H17N3OS/c1-9-2-3-10(7-14-9)15-12(16)6-11-8-17-5-4-13-11/h2-3,7,11,13H,4-6,8H2,1H3,(H,15,16). The van der Waals surface area contributed by atoms with Crippen molar-refractivity contribution in [2.24, 2.45) is 0 Å². The van der Waals surface area contributed by atoms with Crippen LogP contribution < -0.4 is 10.6 Å². The van der Waals surface area contributed by atoms with Crippen LogP contribution in [0, 0.1) is 6.92 Å². The molecule has 1 amide bonds. The third-order valence-electron chi connectivity index (χ3n) is 2.63. The number of nitrogens with zero attached hydrogens (tertiary/aromatic N) is 1. The number of rotatable bonds is 3. The van der Waals surface area contributed by atoms with E-state index in [0.29, 0.717) is 12.5 Å². The van der Waals surface area contributed by atoms with Gasteiger partial charge in [0.15, 0.2) is 0 Å². The number of hydrogen-bond acceptors (Lipinski definition) is 4. The summed E-state index contributed by atoms with van der Waals surface area (Å²) in [5.41, 5.74) is 1.72. The maximum absolute atomic E-state index is 11.8. The summed E-state index contributed by atoms with van der Waals surface area (Å²) in [5, 5.41) is 6.21. The van der Waals surface area contributed by atoms with Crippen LogP contribution in [-0.2, 0) is 4.79 Å². The van der Waals surface area contributed by atoms with Crippen LogP contribution in [0.25, 0.3) is 0 Å². The highest BCUT2D eigenvalue weighted by Crippen LogP contribution is 2.12. The van der Waals surface area contributed by atoms with Crippen LogP contribution in [0.2, 0.25) is 0 Å². The molecule has 0 radical (unpaired) electrons. The van der Waals surface area contributed by atoms with E-state index in [-0.39, 0.29) is 5.91 Å². The Labute approximate surface area is 106 Å². The number of nitrogens with one attached hydrogen (secondary N) is 2. The largest absolute Gasteiger partial charge is 0.325 e. The van der Waals surface area contributed by atoms with E-state index in [1.165, 1.54) is 0 Å². The highest BCUT2D eigenvalue weighted by molar-refractivity contribution is 7.99. The number of carbonyl (C=O) groups excluding carboxylic acids is 1. The second-order valence-corrected chi connectivity index (χ2v) is 5.32. The van der Waals surface area contributed by atoms with Gasteiger partial charge in [0, 0.05) is 36.2 Å². The zero-order chi connectivity index (χ0) is 12.1. The van der Waals surface area contributed by atoms with E-state index in [1.54, 1.807) is 6.20 Å². The molecule has 1 fully saturated rings. The van der Waals surface area contributed by atoms with Crippen molar-refractivity contribution in [3.8, 4) is 0 Å². The van der Waals surface area contributed by atoms with Gasteiger partial charge in [0.1, 0.15) is 0 Å². The molecule has 17 heavy (non-hydrogen) atoms. The first-order chi connectivity index (χ1) is 8.24. The summed E-state index contributed by atoms with van der Waals surface area (Å²) in [5.74, 6) is 2.20. The molecule has 0 saturated carbocycles. The van der Waals surface area contributed by atoms with Gasteiger partial charge in [-0.2, -0.15) is 11.8 Å². The fourth-order valence-corrected chi connectivity index (χ4v) is 2.68. The topological polar surface area (TPSA) is 54.0 Å². The number of amides is 1. The Morgan fingerprint density at radius 3 is 3.18 bits per heavy atom. The van der Waals surface area contributed by atoms with Crippen LogP contribution >= 0.6 is 11.8 Å². The minimum Gasteiger partial charge on any atom is -0.325 e. The Morgan fingerprint density at radius 2 is 2.53 bits per heavy atom. The first-order valence-electron chi connectivity index (χ1n) is 5.77. The smallest absolute Gasteiger partial charge is 0.226 e. The first-order valence-corrected chi connectivity index (χ1v) is 6.93. The van der Waals surface area contributed by atoms with Crippen LogP contribution in [0.1, 0.15) is 12.1 Å². The average molecular weight is 251 g/mol. The molecule has 5 heteroatoms. The van der Waals surface area contributed by atoms with Crippen molar-refractivity contribution < 1.29 is 4.79 Å². The van der Waals surface area contributed by atoms with E-state index in [2.05, 4.69) is 15.6 Å². The van der Waals surface area contributed by atoms with Gasteiger partial charge in [-0.05, 0) is 19.1 Å². The number of hydrogen-bond donors (Lipinski definition) is 2. The van der Waals surface area contributed by atoms with Crippen molar-refractivity contribution in [1.82, 2.24) is 10.3 Å². The Hall–Kier alpha value is -1.07. The Balaban J connectivity index is 1.82. The quantitative estimate of drug-likeness (QED) is 0.853. The van der Waals surface area contributed by atoms with Gasteiger partial charge < -0.3 is 10.6 Å². The molecule has 1 aliphatic heterocycles. The summed E-state index contributed by atoms with van der Waals surface area (Å²) in [7, 11) is 0. The van der Waals surface area contributed by atoms with E-state index in [4.69, 9.17) is 0 Å². The summed E-state index contributed by atoms with van der Waals surface area (Å²) in [4.78, 5) is 15.9. The highest BCUT2D eigenvalue weighted by Gasteiger charge is 2.16. The lowest BCUT2D eigenvalue weighted by molar-refractivity contribution is -0.116. The molecule has 0 aliphatic carbocycles. The molecule has 2 N–H and O–H groups in total. The number of pyridine rings is 1. The van der Waals surface area contributed by atoms with Crippen LogP contribution in [0.15, 0.2) is 18.3 Å². The predicted octanol–water partition coefficient (Wildman–Crippen LogP) is 1.42. The van der Waals surface area contributed by atoms with Crippen LogP contribution in [-0.4, -0.2) is 35.0 Å². The van der Waals surface area contributed by atoms with Crippen molar-refractivity contribution in [2.45, 2.75) is 19.4 Å². The Bertz CT molecular complexity index is 374. The molecule has 1 aliphatic rings. The maximum atomic E-state index is 11.8. The van der Waals surface area contributed by atoms with Crippen molar-refractivity contribution in [1.29, 1.82) is 0 Å². The molecule has 1 aromatic rings. The molecule has 92 valence electrons. The van der Waals surface area contributed by atoms with Crippen molar-refractivity contribution in [3.05, 3.63) is 24.0 Å². The SMILES string of the molecule is Cc1ccc(NC(=O)CC2CSCCN2)cn1. The second-order valence-electron chi connectivity index (χ2n) is 4.17. The van der Waals surface area contributed by atoms with E-state index < -0.39 is 0 Å². The molecular formula is C12H17N3OS. The summed E-state index contributed by atoms with van der Waals surface area (Å²) >= 11 is 1.90. The summed E-state index contributed by atoms with van der Waals surface area (Å²) in [6.45, 7) is 2.92. The highest BCUT2D eigenvalue weighted by atomic mass is 32.2.